The van der Waals surface area contributed by atoms with Gasteiger partial charge in [-0.15, -0.1) is 11.3 Å². The van der Waals surface area contributed by atoms with Crippen molar-refractivity contribution in [2.75, 3.05) is 0 Å². The Kier molecular flexibility index (Phi) is 3.78. The molecule has 0 atom stereocenters. The van der Waals surface area contributed by atoms with Gasteiger partial charge in [0.25, 0.3) is 0 Å². The topological polar surface area (TPSA) is 76.2 Å². The van der Waals surface area contributed by atoms with Crippen LogP contribution in [0.5, 0.6) is 0 Å². The number of hydrogen-bond acceptors (Lipinski definition) is 4. The predicted molar refractivity (Wildman–Crippen MR) is 67.4 cm³/mol. The van der Waals surface area contributed by atoms with Gasteiger partial charge in [0.2, 0.25) is 0 Å². The highest BCUT2D eigenvalue weighted by Crippen LogP contribution is 2.33. The normalized spacial score (nSPS) is 11.6. The van der Waals surface area contributed by atoms with E-state index in [1.54, 1.807) is 0 Å². The van der Waals surface area contributed by atoms with Gasteiger partial charge in [-0.25, -0.2) is 9.78 Å². The van der Waals surface area contributed by atoms with E-state index in [4.69, 9.17) is 10.8 Å². The Morgan fingerprint density at radius 2 is 1.90 bits per heavy atom. The SMILES string of the molecule is NCc1nc(-c2ccc(C(F)(F)F)cc2)sc1C(=O)O. The number of aromatic carboxylic acids is 1. The molecule has 0 amide bonds. The number of thiazole rings is 1. The average Bonchev–Trinajstić information content (AvgIpc) is 2.82. The zero-order valence-electron chi connectivity index (χ0n) is 9.94. The molecule has 0 aliphatic carbocycles. The summed E-state index contributed by atoms with van der Waals surface area (Å²) in [7, 11) is 0. The van der Waals surface area contributed by atoms with Crippen LogP contribution in [0.3, 0.4) is 0 Å². The molecule has 8 heteroatoms. The van der Waals surface area contributed by atoms with Gasteiger partial charge < -0.3 is 10.8 Å². The van der Waals surface area contributed by atoms with Crippen molar-refractivity contribution < 1.29 is 23.1 Å². The van der Waals surface area contributed by atoms with E-state index in [1.807, 2.05) is 0 Å². The quantitative estimate of drug-likeness (QED) is 0.914. The molecule has 2 aromatic rings. The minimum Gasteiger partial charge on any atom is -0.477 e. The van der Waals surface area contributed by atoms with Gasteiger partial charge in [-0.2, -0.15) is 13.2 Å². The average molecular weight is 302 g/mol. The molecule has 0 saturated heterocycles. The molecule has 2 rings (SSSR count). The van der Waals surface area contributed by atoms with Crippen LogP contribution in [-0.4, -0.2) is 16.1 Å². The maximum absolute atomic E-state index is 12.4. The van der Waals surface area contributed by atoms with Crippen LogP contribution in [-0.2, 0) is 12.7 Å². The van der Waals surface area contributed by atoms with Gasteiger partial charge >= 0.3 is 12.1 Å². The molecule has 4 nitrogen and oxygen atoms in total. The standard InChI is InChI=1S/C12H9F3N2O2S/c13-12(14,15)7-3-1-6(2-4-7)10-17-8(5-16)9(20-10)11(18)19/h1-4H,5,16H2,(H,18,19). The van der Waals surface area contributed by atoms with Crippen molar-refractivity contribution in [3.05, 3.63) is 40.4 Å². The molecule has 0 radical (unpaired) electrons. The monoisotopic (exact) mass is 302 g/mol. The van der Waals surface area contributed by atoms with Crippen LogP contribution in [0, 0.1) is 0 Å². The van der Waals surface area contributed by atoms with Crippen molar-refractivity contribution in [1.29, 1.82) is 0 Å². The van der Waals surface area contributed by atoms with E-state index in [0.717, 1.165) is 23.5 Å². The molecule has 1 heterocycles. The van der Waals surface area contributed by atoms with E-state index >= 15 is 0 Å². The van der Waals surface area contributed by atoms with Crippen LogP contribution >= 0.6 is 11.3 Å². The summed E-state index contributed by atoms with van der Waals surface area (Å²) >= 11 is 0.887. The summed E-state index contributed by atoms with van der Waals surface area (Å²) in [6.45, 7) is -0.0429. The van der Waals surface area contributed by atoms with Crippen LogP contribution in [0.2, 0.25) is 0 Å². The Morgan fingerprint density at radius 1 is 1.30 bits per heavy atom. The first-order valence-corrected chi connectivity index (χ1v) is 6.25. The molecule has 106 valence electrons. The molecule has 0 spiro atoms. The first kappa shape index (κ1) is 14.5. The second kappa shape index (κ2) is 5.22. The van der Waals surface area contributed by atoms with E-state index in [0.29, 0.717) is 10.6 Å². The highest BCUT2D eigenvalue weighted by atomic mass is 32.1. The first-order chi connectivity index (χ1) is 9.32. The van der Waals surface area contributed by atoms with Crippen LogP contribution in [0.1, 0.15) is 20.9 Å². The van der Waals surface area contributed by atoms with Crippen molar-refractivity contribution in [3.63, 3.8) is 0 Å². The fourth-order valence-electron chi connectivity index (χ4n) is 1.58. The summed E-state index contributed by atoms with van der Waals surface area (Å²) in [6.07, 6.45) is -4.41. The lowest BCUT2D eigenvalue weighted by atomic mass is 10.1. The second-order valence-electron chi connectivity index (χ2n) is 3.88. The van der Waals surface area contributed by atoms with Crippen molar-refractivity contribution in [3.8, 4) is 10.6 Å². The van der Waals surface area contributed by atoms with Crippen LogP contribution in [0.25, 0.3) is 10.6 Å². The fourth-order valence-corrected chi connectivity index (χ4v) is 2.52. The van der Waals surface area contributed by atoms with Gasteiger partial charge in [0, 0.05) is 12.1 Å². The lowest BCUT2D eigenvalue weighted by Crippen LogP contribution is -2.04. The maximum atomic E-state index is 12.4. The molecule has 0 aliphatic rings. The van der Waals surface area contributed by atoms with Gasteiger partial charge in [0.1, 0.15) is 9.88 Å². The molecule has 0 bridgehead atoms. The van der Waals surface area contributed by atoms with Crippen LogP contribution in [0.15, 0.2) is 24.3 Å². The molecule has 3 N–H and O–H groups in total. The second-order valence-corrected chi connectivity index (χ2v) is 4.88. The molecule has 20 heavy (non-hydrogen) atoms. The Bertz CT molecular complexity index is 635. The first-order valence-electron chi connectivity index (χ1n) is 5.43. The largest absolute Gasteiger partial charge is 0.477 e. The number of rotatable bonds is 3. The Balaban J connectivity index is 2.39. The third kappa shape index (κ3) is 2.81. The van der Waals surface area contributed by atoms with E-state index in [9.17, 15) is 18.0 Å². The van der Waals surface area contributed by atoms with Gasteiger partial charge in [-0.3, -0.25) is 0 Å². The van der Waals surface area contributed by atoms with Crippen molar-refractivity contribution in [1.82, 2.24) is 4.98 Å². The zero-order valence-corrected chi connectivity index (χ0v) is 10.8. The van der Waals surface area contributed by atoms with E-state index in [-0.39, 0.29) is 17.1 Å². The number of nitrogens with two attached hydrogens (primary N) is 1. The Hall–Kier alpha value is -1.93. The summed E-state index contributed by atoms with van der Waals surface area (Å²) in [6, 6.07) is 4.37. The molecule has 0 fully saturated rings. The molecule has 1 aromatic carbocycles. The number of hydrogen-bond donors (Lipinski definition) is 2. The summed E-state index contributed by atoms with van der Waals surface area (Å²) in [4.78, 5) is 15.0. The van der Waals surface area contributed by atoms with Crippen molar-refractivity contribution in [2.24, 2.45) is 5.73 Å². The highest BCUT2D eigenvalue weighted by Gasteiger charge is 2.30. The van der Waals surface area contributed by atoms with Crippen LogP contribution < -0.4 is 5.73 Å². The number of alkyl halides is 3. The number of aromatic nitrogens is 1. The minimum absolute atomic E-state index is 0.00222. The summed E-state index contributed by atoms with van der Waals surface area (Å²) in [5.74, 6) is -1.15. The predicted octanol–water partition coefficient (Wildman–Crippen LogP) is 2.99. The van der Waals surface area contributed by atoms with E-state index < -0.39 is 17.7 Å². The molecule has 0 saturated carbocycles. The number of nitrogens with zero attached hydrogens (tertiary/aromatic N) is 1. The van der Waals surface area contributed by atoms with Gasteiger partial charge in [0.05, 0.1) is 11.3 Å². The maximum Gasteiger partial charge on any atom is 0.416 e. The van der Waals surface area contributed by atoms with Crippen molar-refractivity contribution in [2.45, 2.75) is 12.7 Å². The molecular formula is C12H9F3N2O2S. The van der Waals surface area contributed by atoms with E-state index in [2.05, 4.69) is 4.98 Å². The number of carboxylic acids is 1. The lowest BCUT2D eigenvalue weighted by molar-refractivity contribution is -0.137. The Labute approximate surface area is 115 Å². The van der Waals surface area contributed by atoms with E-state index in [1.165, 1.54) is 12.1 Å². The third-order valence-electron chi connectivity index (χ3n) is 2.54. The number of halogens is 3. The number of benzene rings is 1. The third-order valence-corrected chi connectivity index (χ3v) is 3.68. The minimum atomic E-state index is -4.41. The molecule has 0 unspecified atom stereocenters. The van der Waals surface area contributed by atoms with Gasteiger partial charge in [-0.1, -0.05) is 12.1 Å². The zero-order chi connectivity index (χ0) is 14.9. The smallest absolute Gasteiger partial charge is 0.416 e. The van der Waals surface area contributed by atoms with Gasteiger partial charge in [0.15, 0.2) is 0 Å². The fraction of sp³-hybridized carbons (Fsp3) is 0.167. The van der Waals surface area contributed by atoms with Gasteiger partial charge in [-0.05, 0) is 12.1 Å². The molecular weight excluding hydrogens is 293 g/mol. The summed E-state index contributed by atoms with van der Waals surface area (Å²) in [5, 5.41) is 9.30. The highest BCUT2D eigenvalue weighted by molar-refractivity contribution is 7.17. The number of carbonyl (C=O) groups is 1. The summed E-state index contributed by atoms with van der Waals surface area (Å²) < 4.78 is 37.3. The molecule has 1 aromatic heterocycles. The molecule has 0 aliphatic heterocycles. The lowest BCUT2D eigenvalue weighted by Gasteiger charge is -2.06. The van der Waals surface area contributed by atoms with Crippen LogP contribution in [0.4, 0.5) is 13.2 Å². The van der Waals surface area contributed by atoms with Crippen molar-refractivity contribution >= 4 is 17.3 Å². The Morgan fingerprint density at radius 3 is 2.30 bits per heavy atom. The summed E-state index contributed by atoms with van der Waals surface area (Å²) in [5.41, 5.74) is 5.27. The number of carboxylic acid groups (broad SMARTS) is 1.